The van der Waals surface area contributed by atoms with E-state index in [2.05, 4.69) is 11.4 Å². The second-order valence-corrected chi connectivity index (χ2v) is 5.22. The van der Waals surface area contributed by atoms with Gasteiger partial charge in [0.15, 0.2) is 6.61 Å². The Bertz CT molecular complexity index is 625. The summed E-state index contributed by atoms with van der Waals surface area (Å²) in [5.41, 5.74) is 2.50. The van der Waals surface area contributed by atoms with Gasteiger partial charge >= 0.3 is 0 Å². The van der Waals surface area contributed by atoms with Crippen molar-refractivity contribution in [3.8, 4) is 11.8 Å². The lowest BCUT2D eigenvalue weighted by molar-refractivity contribution is 0.368. The van der Waals surface area contributed by atoms with Crippen LogP contribution in [0.3, 0.4) is 0 Å². The van der Waals surface area contributed by atoms with E-state index >= 15 is 0 Å². The maximum absolute atomic E-state index is 8.48. The largest absolute Gasteiger partial charge is 0.479 e. The fraction of sp³-hybridized carbons (Fsp3) is 0.353. The zero-order chi connectivity index (χ0) is 14.5. The molecule has 0 fully saturated rings. The number of hydrogen-bond acceptors (Lipinski definition) is 4. The lowest BCUT2D eigenvalue weighted by Gasteiger charge is -2.22. The van der Waals surface area contributed by atoms with E-state index in [4.69, 9.17) is 14.4 Å². The van der Waals surface area contributed by atoms with Gasteiger partial charge in [0, 0.05) is 24.6 Å². The molecule has 21 heavy (non-hydrogen) atoms. The first-order valence-corrected chi connectivity index (χ1v) is 7.25. The van der Waals surface area contributed by atoms with Crippen molar-refractivity contribution in [1.82, 2.24) is 5.32 Å². The van der Waals surface area contributed by atoms with Crippen molar-refractivity contribution in [1.29, 1.82) is 5.26 Å². The Morgan fingerprint density at radius 1 is 1.29 bits per heavy atom. The van der Waals surface area contributed by atoms with E-state index in [1.165, 1.54) is 17.5 Å². The minimum absolute atomic E-state index is 0.0862. The summed E-state index contributed by atoms with van der Waals surface area (Å²) in [6, 6.07) is 12.3. The van der Waals surface area contributed by atoms with Crippen LogP contribution in [0.2, 0.25) is 0 Å². The van der Waals surface area contributed by atoms with E-state index in [0.717, 1.165) is 30.9 Å². The highest BCUT2D eigenvalue weighted by Crippen LogP contribution is 2.30. The SMILES string of the molecule is N#CCOc1ccc(CNC2CCCc3occc32)cc1. The average molecular weight is 282 g/mol. The zero-order valence-electron chi connectivity index (χ0n) is 11.8. The van der Waals surface area contributed by atoms with Gasteiger partial charge in [0.1, 0.15) is 17.6 Å². The molecule has 2 aromatic rings. The summed E-state index contributed by atoms with van der Waals surface area (Å²) in [6.45, 7) is 0.900. The number of benzene rings is 1. The molecule has 0 saturated heterocycles. The van der Waals surface area contributed by atoms with Gasteiger partial charge in [-0.3, -0.25) is 0 Å². The van der Waals surface area contributed by atoms with E-state index in [0.29, 0.717) is 6.04 Å². The molecule has 0 radical (unpaired) electrons. The number of hydrogen-bond donors (Lipinski definition) is 1. The Balaban J connectivity index is 1.58. The molecule has 1 atom stereocenters. The number of fused-ring (bicyclic) bond motifs is 1. The molecule has 0 amide bonds. The normalized spacial score (nSPS) is 17.0. The number of aryl methyl sites for hydroxylation is 1. The van der Waals surface area contributed by atoms with Gasteiger partial charge in [-0.2, -0.15) is 5.26 Å². The average Bonchev–Trinajstić information content (AvgIpc) is 3.01. The van der Waals surface area contributed by atoms with Crippen molar-refractivity contribution in [2.24, 2.45) is 0 Å². The second-order valence-electron chi connectivity index (χ2n) is 5.22. The summed E-state index contributed by atoms with van der Waals surface area (Å²) in [7, 11) is 0. The van der Waals surface area contributed by atoms with Crippen molar-refractivity contribution in [2.75, 3.05) is 6.61 Å². The fourth-order valence-corrected chi connectivity index (χ4v) is 2.76. The first-order valence-electron chi connectivity index (χ1n) is 7.25. The van der Waals surface area contributed by atoms with E-state index in [-0.39, 0.29) is 6.61 Å². The van der Waals surface area contributed by atoms with Crippen molar-refractivity contribution >= 4 is 0 Å². The molecule has 1 aliphatic carbocycles. The quantitative estimate of drug-likeness (QED) is 0.913. The summed E-state index contributed by atoms with van der Waals surface area (Å²) >= 11 is 0. The molecule has 0 spiro atoms. The van der Waals surface area contributed by atoms with Crippen LogP contribution in [0.25, 0.3) is 0 Å². The van der Waals surface area contributed by atoms with Crippen LogP contribution in [0.15, 0.2) is 41.0 Å². The third-order valence-corrected chi connectivity index (χ3v) is 3.83. The van der Waals surface area contributed by atoms with Crippen LogP contribution in [0, 0.1) is 11.3 Å². The smallest absolute Gasteiger partial charge is 0.174 e. The molecule has 1 unspecified atom stereocenters. The summed E-state index contributed by atoms with van der Waals surface area (Å²) in [4.78, 5) is 0. The van der Waals surface area contributed by atoms with Gasteiger partial charge < -0.3 is 14.5 Å². The van der Waals surface area contributed by atoms with E-state index < -0.39 is 0 Å². The van der Waals surface area contributed by atoms with Gasteiger partial charge in [0.25, 0.3) is 0 Å². The molecule has 0 saturated carbocycles. The molecule has 4 nitrogen and oxygen atoms in total. The lowest BCUT2D eigenvalue weighted by atomic mass is 9.93. The number of nitrogens with one attached hydrogen (secondary N) is 1. The third-order valence-electron chi connectivity index (χ3n) is 3.83. The summed E-state index contributed by atoms with van der Waals surface area (Å²) < 4.78 is 10.8. The highest BCUT2D eigenvalue weighted by Gasteiger charge is 2.21. The molecular formula is C17H18N2O2. The van der Waals surface area contributed by atoms with Gasteiger partial charge in [-0.1, -0.05) is 12.1 Å². The Morgan fingerprint density at radius 2 is 2.14 bits per heavy atom. The van der Waals surface area contributed by atoms with Crippen molar-refractivity contribution < 1.29 is 9.15 Å². The molecule has 108 valence electrons. The minimum Gasteiger partial charge on any atom is -0.479 e. The Hall–Kier alpha value is -2.25. The van der Waals surface area contributed by atoms with Crippen LogP contribution in [0.5, 0.6) is 5.75 Å². The van der Waals surface area contributed by atoms with Crippen molar-refractivity contribution in [3.63, 3.8) is 0 Å². The molecule has 1 aliphatic rings. The lowest BCUT2D eigenvalue weighted by Crippen LogP contribution is -2.23. The van der Waals surface area contributed by atoms with Gasteiger partial charge in [-0.15, -0.1) is 0 Å². The monoisotopic (exact) mass is 282 g/mol. The van der Waals surface area contributed by atoms with Gasteiger partial charge in [-0.25, -0.2) is 0 Å². The molecular weight excluding hydrogens is 264 g/mol. The number of nitriles is 1. The first kappa shape index (κ1) is 13.7. The zero-order valence-corrected chi connectivity index (χ0v) is 11.8. The van der Waals surface area contributed by atoms with Crippen LogP contribution in [-0.4, -0.2) is 6.61 Å². The van der Waals surface area contributed by atoms with Crippen LogP contribution in [0.1, 0.15) is 35.8 Å². The Morgan fingerprint density at radius 3 is 2.95 bits per heavy atom. The van der Waals surface area contributed by atoms with Crippen molar-refractivity contribution in [3.05, 3.63) is 53.5 Å². The van der Waals surface area contributed by atoms with Gasteiger partial charge in [-0.05, 0) is 36.6 Å². The fourth-order valence-electron chi connectivity index (χ4n) is 2.76. The summed E-state index contributed by atoms with van der Waals surface area (Å²) in [5.74, 6) is 1.86. The maximum Gasteiger partial charge on any atom is 0.174 e. The minimum atomic E-state index is 0.0862. The predicted molar refractivity (Wildman–Crippen MR) is 78.8 cm³/mol. The van der Waals surface area contributed by atoms with Crippen LogP contribution < -0.4 is 10.1 Å². The van der Waals surface area contributed by atoms with Crippen LogP contribution in [-0.2, 0) is 13.0 Å². The molecule has 3 rings (SSSR count). The third kappa shape index (κ3) is 3.26. The second kappa shape index (κ2) is 6.47. The molecule has 4 heteroatoms. The number of ether oxygens (including phenoxy) is 1. The van der Waals surface area contributed by atoms with Crippen LogP contribution >= 0.6 is 0 Å². The number of furan rings is 1. The summed E-state index contributed by atoms with van der Waals surface area (Å²) in [5, 5.41) is 12.1. The standard InChI is InChI=1S/C17H18N2O2/c18-9-11-20-14-6-4-13(5-7-14)12-19-16-2-1-3-17-15(16)8-10-21-17/h4-8,10,16,19H,1-3,11-12H2. The molecule has 1 N–H and O–H groups in total. The highest BCUT2D eigenvalue weighted by atomic mass is 16.5. The van der Waals surface area contributed by atoms with E-state index in [1.54, 1.807) is 6.26 Å². The Labute approximate surface area is 124 Å². The first-order chi connectivity index (χ1) is 10.4. The summed E-state index contributed by atoms with van der Waals surface area (Å²) in [6.07, 6.45) is 5.15. The van der Waals surface area contributed by atoms with Gasteiger partial charge in [0.2, 0.25) is 0 Å². The molecule has 1 aromatic heterocycles. The van der Waals surface area contributed by atoms with Crippen molar-refractivity contribution in [2.45, 2.75) is 31.8 Å². The van der Waals surface area contributed by atoms with E-state index in [1.807, 2.05) is 30.3 Å². The number of nitrogens with zero attached hydrogens (tertiary/aromatic N) is 1. The molecule has 0 aliphatic heterocycles. The molecule has 0 bridgehead atoms. The Kier molecular flexibility index (Phi) is 4.23. The molecule has 1 aromatic carbocycles. The highest BCUT2D eigenvalue weighted by molar-refractivity contribution is 5.28. The number of rotatable bonds is 5. The van der Waals surface area contributed by atoms with Crippen LogP contribution in [0.4, 0.5) is 0 Å². The predicted octanol–water partition coefficient (Wildman–Crippen LogP) is 3.35. The van der Waals surface area contributed by atoms with Gasteiger partial charge in [0.05, 0.1) is 6.26 Å². The maximum atomic E-state index is 8.48. The van der Waals surface area contributed by atoms with E-state index in [9.17, 15) is 0 Å². The molecule has 1 heterocycles. The topological polar surface area (TPSA) is 58.2 Å².